The molecule has 0 aliphatic carbocycles. The van der Waals surface area contributed by atoms with Crippen molar-refractivity contribution in [3.63, 3.8) is 0 Å². The number of carbonyl (C=O) groups is 1. The van der Waals surface area contributed by atoms with Gasteiger partial charge in [0.15, 0.2) is 0 Å². The smallest absolute Gasteiger partial charge is 0.222 e. The summed E-state index contributed by atoms with van der Waals surface area (Å²) in [5, 5.41) is 19.4. The van der Waals surface area contributed by atoms with Crippen LogP contribution in [0.3, 0.4) is 0 Å². The summed E-state index contributed by atoms with van der Waals surface area (Å²) in [4.78, 5) is 16.9. The van der Waals surface area contributed by atoms with Gasteiger partial charge in [0.2, 0.25) is 5.91 Å². The molecule has 0 aromatic heterocycles. The molecule has 1 amide bonds. The SMILES string of the molecule is COc1ccc(CCC(=O)N2C[C@@H](CN3CCC(O)CC3)[C@@H](CO)C2)cc1. The van der Waals surface area contributed by atoms with Crippen LogP contribution >= 0.6 is 0 Å². The molecule has 0 bridgehead atoms. The summed E-state index contributed by atoms with van der Waals surface area (Å²) in [5.74, 6) is 1.46. The number of piperidine rings is 1. The molecular formula is C21H32N2O4. The minimum Gasteiger partial charge on any atom is -0.497 e. The summed E-state index contributed by atoms with van der Waals surface area (Å²) in [7, 11) is 1.64. The molecule has 0 spiro atoms. The predicted octanol–water partition coefficient (Wildman–Crippen LogP) is 1.15. The van der Waals surface area contributed by atoms with Crippen LogP contribution in [0.2, 0.25) is 0 Å². The van der Waals surface area contributed by atoms with E-state index in [0.29, 0.717) is 18.9 Å². The molecule has 6 nitrogen and oxygen atoms in total. The number of aliphatic hydroxyl groups is 2. The molecule has 150 valence electrons. The van der Waals surface area contributed by atoms with Crippen LogP contribution in [-0.2, 0) is 11.2 Å². The van der Waals surface area contributed by atoms with Crippen molar-refractivity contribution >= 4 is 5.91 Å². The molecule has 2 atom stereocenters. The Balaban J connectivity index is 1.48. The summed E-state index contributed by atoms with van der Waals surface area (Å²) >= 11 is 0. The van der Waals surface area contributed by atoms with E-state index in [0.717, 1.165) is 56.8 Å². The number of rotatable bonds is 7. The second kappa shape index (κ2) is 9.53. The van der Waals surface area contributed by atoms with E-state index in [1.54, 1.807) is 7.11 Å². The molecule has 2 fully saturated rings. The zero-order valence-electron chi connectivity index (χ0n) is 16.2. The average Bonchev–Trinajstić information content (AvgIpc) is 3.11. The van der Waals surface area contributed by atoms with Crippen LogP contribution in [0.15, 0.2) is 24.3 Å². The number of nitrogens with zero attached hydrogens (tertiary/aromatic N) is 2. The van der Waals surface area contributed by atoms with Crippen LogP contribution in [-0.4, -0.2) is 78.5 Å². The third kappa shape index (κ3) is 5.43. The van der Waals surface area contributed by atoms with Gasteiger partial charge in [-0.05, 0) is 42.9 Å². The van der Waals surface area contributed by atoms with Crippen molar-refractivity contribution in [2.75, 3.05) is 46.4 Å². The van der Waals surface area contributed by atoms with Gasteiger partial charge in [-0.1, -0.05) is 12.1 Å². The molecule has 2 N–H and O–H groups in total. The van der Waals surface area contributed by atoms with E-state index in [-0.39, 0.29) is 24.5 Å². The Morgan fingerprint density at radius 2 is 1.81 bits per heavy atom. The Morgan fingerprint density at radius 1 is 1.15 bits per heavy atom. The topological polar surface area (TPSA) is 73.2 Å². The first-order chi connectivity index (χ1) is 13.1. The Bertz CT molecular complexity index is 599. The first kappa shape index (κ1) is 20.1. The van der Waals surface area contributed by atoms with E-state index < -0.39 is 0 Å². The molecule has 27 heavy (non-hydrogen) atoms. The van der Waals surface area contributed by atoms with Gasteiger partial charge in [-0.2, -0.15) is 0 Å². The summed E-state index contributed by atoms with van der Waals surface area (Å²) < 4.78 is 5.16. The molecule has 2 heterocycles. The molecule has 0 unspecified atom stereocenters. The van der Waals surface area contributed by atoms with Gasteiger partial charge >= 0.3 is 0 Å². The lowest BCUT2D eigenvalue weighted by Gasteiger charge is -2.32. The van der Waals surface area contributed by atoms with Gasteiger partial charge in [-0.15, -0.1) is 0 Å². The number of aliphatic hydroxyl groups excluding tert-OH is 2. The first-order valence-electron chi connectivity index (χ1n) is 10.0. The van der Waals surface area contributed by atoms with Crippen molar-refractivity contribution in [2.45, 2.75) is 31.8 Å². The van der Waals surface area contributed by atoms with E-state index in [4.69, 9.17) is 4.74 Å². The minimum absolute atomic E-state index is 0.128. The van der Waals surface area contributed by atoms with Crippen molar-refractivity contribution in [2.24, 2.45) is 11.8 Å². The number of hydrogen-bond acceptors (Lipinski definition) is 5. The monoisotopic (exact) mass is 376 g/mol. The largest absolute Gasteiger partial charge is 0.497 e. The van der Waals surface area contributed by atoms with Gasteiger partial charge in [0.1, 0.15) is 5.75 Å². The summed E-state index contributed by atoms with van der Waals surface area (Å²) in [5.41, 5.74) is 1.13. The van der Waals surface area contributed by atoms with Crippen LogP contribution in [0, 0.1) is 11.8 Å². The highest BCUT2D eigenvalue weighted by Crippen LogP contribution is 2.26. The van der Waals surface area contributed by atoms with Crippen molar-refractivity contribution in [3.05, 3.63) is 29.8 Å². The van der Waals surface area contributed by atoms with Gasteiger partial charge in [0.25, 0.3) is 0 Å². The van der Waals surface area contributed by atoms with Crippen molar-refractivity contribution in [1.29, 1.82) is 0 Å². The molecule has 0 saturated carbocycles. The fourth-order valence-electron chi connectivity index (χ4n) is 4.19. The normalized spacial score (nSPS) is 24.3. The van der Waals surface area contributed by atoms with Crippen molar-refractivity contribution in [1.82, 2.24) is 9.80 Å². The lowest BCUT2D eigenvalue weighted by atomic mass is 9.95. The lowest BCUT2D eigenvalue weighted by Crippen LogP contribution is -2.40. The molecule has 6 heteroatoms. The maximum absolute atomic E-state index is 12.7. The van der Waals surface area contributed by atoms with E-state index in [1.165, 1.54) is 0 Å². The summed E-state index contributed by atoms with van der Waals surface area (Å²) in [6, 6.07) is 7.84. The number of ether oxygens (including phenoxy) is 1. The molecule has 2 saturated heterocycles. The fourth-order valence-corrected chi connectivity index (χ4v) is 4.19. The highest BCUT2D eigenvalue weighted by Gasteiger charge is 2.35. The average molecular weight is 376 g/mol. The van der Waals surface area contributed by atoms with E-state index in [1.807, 2.05) is 29.2 Å². The molecular weight excluding hydrogens is 344 g/mol. The van der Waals surface area contributed by atoms with Crippen molar-refractivity contribution in [3.8, 4) is 5.75 Å². The number of amides is 1. The predicted molar refractivity (Wildman–Crippen MR) is 104 cm³/mol. The number of hydrogen-bond donors (Lipinski definition) is 2. The minimum atomic E-state index is -0.172. The number of aryl methyl sites for hydroxylation is 1. The Morgan fingerprint density at radius 3 is 2.44 bits per heavy atom. The highest BCUT2D eigenvalue weighted by molar-refractivity contribution is 5.76. The quantitative estimate of drug-likeness (QED) is 0.747. The van der Waals surface area contributed by atoms with Crippen LogP contribution < -0.4 is 4.74 Å². The first-order valence-corrected chi connectivity index (χ1v) is 10.0. The third-order valence-corrected chi connectivity index (χ3v) is 6.00. The van der Waals surface area contributed by atoms with Gasteiger partial charge < -0.3 is 24.7 Å². The van der Waals surface area contributed by atoms with Gasteiger partial charge in [-0.3, -0.25) is 4.79 Å². The molecule has 1 aromatic carbocycles. The van der Waals surface area contributed by atoms with E-state index in [2.05, 4.69) is 4.90 Å². The second-order valence-corrected chi connectivity index (χ2v) is 7.88. The lowest BCUT2D eigenvalue weighted by molar-refractivity contribution is -0.130. The molecule has 2 aliphatic rings. The second-order valence-electron chi connectivity index (χ2n) is 7.88. The van der Waals surface area contributed by atoms with Crippen LogP contribution in [0.25, 0.3) is 0 Å². The number of benzene rings is 1. The van der Waals surface area contributed by atoms with Gasteiger partial charge in [0.05, 0.1) is 13.2 Å². The fraction of sp³-hybridized carbons (Fsp3) is 0.667. The standard InChI is InChI=1S/C21H32N2O4/c1-27-20-5-2-16(3-6-20)4-7-21(26)23-13-17(18(14-23)15-24)12-22-10-8-19(25)9-11-22/h2-3,5-6,17-19,24-25H,4,7-15H2,1H3/t17-,18-/m1/s1. The highest BCUT2D eigenvalue weighted by atomic mass is 16.5. The Labute approximate surface area is 161 Å². The number of methoxy groups -OCH3 is 1. The van der Waals surface area contributed by atoms with Crippen molar-refractivity contribution < 1.29 is 19.7 Å². The Hall–Kier alpha value is -1.63. The maximum Gasteiger partial charge on any atom is 0.222 e. The molecule has 3 rings (SSSR count). The van der Waals surface area contributed by atoms with Gasteiger partial charge in [-0.25, -0.2) is 0 Å². The summed E-state index contributed by atoms with van der Waals surface area (Å²) in [6.45, 7) is 4.22. The van der Waals surface area contributed by atoms with Crippen LogP contribution in [0.1, 0.15) is 24.8 Å². The molecule has 2 aliphatic heterocycles. The number of carbonyl (C=O) groups excluding carboxylic acids is 1. The van der Waals surface area contributed by atoms with Gasteiger partial charge in [0, 0.05) is 51.7 Å². The molecule has 1 aromatic rings. The maximum atomic E-state index is 12.7. The van der Waals surface area contributed by atoms with Crippen LogP contribution in [0.5, 0.6) is 5.75 Å². The van der Waals surface area contributed by atoms with Crippen LogP contribution in [0.4, 0.5) is 0 Å². The molecule has 0 radical (unpaired) electrons. The summed E-state index contributed by atoms with van der Waals surface area (Å²) in [6.07, 6.45) is 2.68. The zero-order valence-corrected chi connectivity index (χ0v) is 16.2. The number of likely N-dealkylation sites (tertiary alicyclic amines) is 2. The third-order valence-electron chi connectivity index (χ3n) is 6.00. The Kier molecular flexibility index (Phi) is 7.10. The van der Waals surface area contributed by atoms with E-state index in [9.17, 15) is 15.0 Å². The zero-order chi connectivity index (χ0) is 19.2. The van der Waals surface area contributed by atoms with E-state index >= 15 is 0 Å².